The third kappa shape index (κ3) is 4.70. The molecule has 4 rings (SSSR count). The quantitative estimate of drug-likeness (QED) is 0.119. The lowest BCUT2D eigenvalue weighted by Gasteiger charge is -2.25. The molecule has 4 N–H and O–H groups in total. The summed E-state index contributed by atoms with van der Waals surface area (Å²) >= 11 is 5.14. The van der Waals surface area contributed by atoms with E-state index >= 15 is 0 Å². The molecule has 0 fully saturated rings. The highest BCUT2D eigenvalue weighted by atomic mass is 32.1. The van der Waals surface area contributed by atoms with Gasteiger partial charge in [0.2, 0.25) is 5.11 Å². The number of benzene rings is 3. The highest BCUT2D eigenvalue weighted by Crippen LogP contribution is 2.45. The summed E-state index contributed by atoms with van der Waals surface area (Å²) < 4.78 is 16.3. The molecule has 0 aromatic heterocycles. The van der Waals surface area contributed by atoms with E-state index in [9.17, 15) is 4.79 Å². The number of ether oxygens (including phenoxy) is 3. The number of carbonyl (C=O) groups is 1. The molecule has 3 aromatic carbocycles. The third-order valence-electron chi connectivity index (χ3n) is 5.62. The van der Waals surface area contributed by atoms with Crippen molar-refractivity contribution >= 4 is 29.0 Å². The maximum Gasteiger partial charge on any atom is 0.320 e. The summed E-state index contributed by atoms with van der Waals surface area (Å²) in [6.07, 6.45) is 0. The zero-order valence-corrected chi connectivity index (χ0v) is 19.5. The van der Waals surface area contributed by atoms with Gasteiger partial charge in [0.05, 0.1) is 25.8 Å². The number of hydrazone groups is 1. The third-order valence-corrected chi connectivity index (χ3v) is 5.83. The molecule has 0 unspecified atom stereocenters. The predicted molar refractivity (Wildman–Crippen MR) is 133 cm³/mol. The number of hydrogen-bond acceptors (Lipinski definition) is 7. The van der Waals surface area contributed by atoms with Crippen LogP contribution in [0.2, 0.25) is 0 Å². The number of rotatable bonds is 7. The van der Waals surface area contributed by atoms with Crippen LogP contribution in [0.4, 0.5) is 0 Å². The van der Waals surface area contributed by atoms with Crippen molar-refractivity contribution in [3.05, 3.63) is 89.5 Å². The molecule has 0 bridgehead atoms. The minimum absolute atomic E-state index is 0.133. The minimum Gasteiger partial charge on any atom is -0.497 e. The molecule has 0 saturated heterocycles. The summed E-state index contributed by atoms with van der Waals surface area (Å²) in [5.74, 6) is 5.87. The number of esters is 1. The Kier molecular flexibility index (Phi) is 7.05. The van der Waals surface area contributed by atoms with Crippen molar-refractivity contribution in [2.24, 2.45) is 10.9 Å². The molecule has 3 aromatic rings. The first-order valence-electron chi connectivity index (χ1n) is 10.5. The summed E-state index contributed by atoms with van der Waals surface area (Å²) in [6, 6.07) is 22.3. The standard InChI is InChI=1S/C25H24N4O4S/c1-31-17-11-7-15(8-12-17)21(22-19-5-3-4-6-20(19)33-24(22)30)23(28-29-25(34)27-26)16-9-13-18(32-2)14-10-16/h3-14,21-22H,26H2,1-2H3,(H2,27,29,34)/b28-23-/t21-,22+/m1/s1. The van der Waals surface area contributed by atoms with Gasteiger partial charge in [-0.05, 0) is 65.8 Å². The number of nitrogens with two attached hydrogens (primary N) is 1. The average Bonchev–Trinajstić information content (AvgIpc) is 3.21. The molecule has 9 heteroatoms. The van der Waals surface area contributed by atoms with Crippen molar-refractivity contribution in [3.8, 4) is 17.2 Å². The van der Waals surface area contributed by atoms with E-state index < -0.39 is 11.8 Å². The summed E-state index contributed by atoms with van der Waals surface area (Å²) in [7, 11) is 3.20. The van der Waals surface area contributed by atoms with Crippen LogP contribution in [0, 0.1) is 0 Å². The molecule has 0 saturated carbocycles. The molecule has 1 heterocycles. The maximum absolute atomic E-state index is 13.2. The average molecular weight is 477 g/mol. The summed E-state index contributed by atoms with van der Waals surface area (Å²) in [5.41, 5.74) is 8.11. The Morgan fingerprint density at radius 2 is 1.62 bits per heavy atom. The number of methoxy groups -OCH3 is 2. The fourth-order valence-electron chi connectivity index (χ4n) is 3.98. The Hall–Kier alpha value is -3.95. The molecule has 0 radical (unpaired) electrons. The van der Waals surface area contributed by atoms with Crippen LogP contribution in [0.5, 0.6) is 17.2 Å². The number of carbonyl (C=O) groups excluding carboxylic acids is 1. The Morgan fingerprint density at radius 3 is 2.24 bits per heavy atom. The number of hydrogen-bond donors (Lipinski definition) is 3. The minimum atomic E-state index is -0.633. The molecule has 0 aliphatic carbocycles. The topological polar surface area (TPSA) is 107 Å². The summed E-state index contributed by atoms with van der Waals surface area (Å²) in [4.78, 5) is 13.2. The molecule has 2 atom stereocenters. The van der Waals surface area contributed by atoms with Crippen LogP contribution in [0.3, 0.4) is 0 Å². The highest BCUT2D eigenvalue weighted by molar-refractivity contribution is 7.80. The van der Waals surface area contributed by atoms with E-state index in [0.29, 0.717) is 23.0 Å². The molecular formula is C25H24N4O4S. The molecule has 174 valence electrons. The van der Waals surface area contributed by atoms with Gasteiger partial charge in [-0.3, -0.25) is 15.6 Å². The Morgan fingerprint density at radius 1 is 1.00 bits per heavy atom. The van der Waals surface area contributed by atoms with Crippen molar-refractivity contribution in [3.63, 3.8) is 0 Å². The smallest absolute Gasteiger partial charge is 0.320 e. The number of thiocarbonyl (C=S) groups is 1. The zero-order chi connectivity index (χ0) is 24.1. The maximum atomic E-state index is 13.2. The first-order chi connectivity index (χ1) is 16.5. The second-order valence-corrected chi connectivity index (χ2v) is 7.91. The van der Waals surface area contributed by atoms with Crippen LogP contribution in [-0.4, -0.2) is 31.0 Å². The second kappa shape index (κ2) is 10.3. The number of nitrogens with zero attached hydrogens (tertiary/aromatic N) is 1. The first kappa shape index (κ1) is 23.2. The molecule has 1 aliphatic heterocycles. The number of nitrogens with one attached hydrogen (secondary N) is 2. The molecule has 34 heavy (non-hydrogen) atoms. The van der Waals surface area contributed by atoms with Crippen LogP contribution < -0.4 is 30.9 Å². The fourth-order valence-corrected chi connectivity index (χ4v) is 4.03. The van der Waals surface area contributed by atoms with Gasteiger partial charge < -0.3 is 14.2 Å². The first-order valence-corrected chi connectivity index (χ1v) is 10.9. The van der Waals surface area contributed by atoms with Gasteiger partial charge in [0.25, 0.3) is 0 Å². The van der Waals surface area contributed by atoms with Gasteiger partial charge in [0, 0.05) is 11.5 Å². The Bertz CT molecular complexity index is 1210. The van der Waals surface area contributed by atoms with Gasteiger partial charge in [-0.1, -0.05) is 30.3 Å². The van der Waals surface area contributed by atoms with Gasteiger partial charge in [0.1, 0.15) is 17.2 Å². The van der Waals surface area contributed by atoms with Gasteiger partial charge in [-0.2, -0.15) is 5.10 Å². The van der Waals surface area contributed by atoms with E-state index in [-0.39, 0.29) is 11.1 Å². The van der Waals surface area contributed by atoms with Crippen LogP contribution in [0.1, 0.15) is 28.5 Å². The molecule has 8 nitrogen and oxygen atoms in total. The van der Waals surface area contributed by atoms with E-state index in [1.807, 2.05) is 66.7 Å². The molecular weight excluding hydrogens is 452 g/mol. The van der Waals surface area contributed by atoms with Crippen LogP contribution in [0.15, 0.2) is 77.9 Å². The number of para-hydroxylation sites is 1. The van der Waals surface area contributed by atoms with Gasteiger partial charge in [-0.25, -0.2) is 5.84 Å². The van der Waals surface area contributed by atoms with Crippen LogP contribution in [0.25, 0.3) is 0 Å². The lowest BCUT2D eigenvalue weighted by Crippen LogP contribution is -2.38. The largest absolute Gasteiger partial charge is 0.497 e. The molecule has 0 amide bonds. The zero-order valence-electron chi connectivity index (χ0n) is 18.6. The van der Waals surface area contributed by atoms with E-state index in [0.717, 1.165) is 16.7 Å². The second-order valence-electron chi connectivity index (χ2n) is 7.50. The monoisotopic (exact) mass is 476 g/mol. The van der Waals surface area contributed by atoms with Gasteiger partial charge in [0.15, 0.2) is 0 Å². The normalized spacial score (nSPS) is 15.7. The van der Waals surface area contributed by atoms with E-state index in [2.05, 4.69) is 16.0 Å². The molecule has 1 aliphatic rings. The van der Waals surface area contributed by atoms with E-state index in [1.165, 1.54) is 0 Å². The van der Waals surface area contributed by atoms with E-state index in [4.69, 9.17) is 32.3 Å². The van der Waals surface area contributed by atoms with Crippen molar-refractivity contribution in [2.75, 3.05) is 14.2 Å². The SMILES string of the molecule is COc1ccc(/C(=N/NC(=S)NN)[C@H](c2ccc(OC)cc2)[C@H]2C(=O)Oc3ccccc32)cc1. The van der Waals surface area contributed by atoms with Crippen molar-refractivity contribution < 1.29 is 19.0 Å². The Balaban J connectivity index is 1.90. The Labute approximate surface area is 202 Å². The van der Waals surface area contributed by atoms with Gasteiger partial charge in [-0.15, -0.1) is 0 Å². The summed E-state index contributed by atoms with van der Waals surface area (Å²) in [5, 5.41) is 4.73. The van der Waals surface area contributed by atoms with Crippen molar-refractivity contribution in [2.45, 2.75) is 11.8 Å². The number of fused-ring (bicyclic) bond motifs is 1. The predicted octanol–water partition coefficient (Wildman–Crippen LogP) is 3.23. The lowest BCUT2D eigenvalue weighted by molar-refractivity contribution is -0.134. The van der Waals surface area contributed by atoms with Crippen LogP contribution in [-0.2, 0) is 4.79 Å². The van der Waals surface area contributed by atoms with E-state index in [1.54, 1.807) is 20.3 Å². The highest BCUT2D eigenvalue weighted by Gasteiger charge is 2.42. The summed E-state index contributed by atoms with van der Waals surface area (Å²) in [6.45, 7) is 0. The van der Waals surface area contributed by atoms with Crippen molar-refractivity contribution in [1.29, 1.82) is 0 Å². The van der Waals surface area contributed by atoms with Crippen LogP contribution >= 0.6 is 12.2 Å². The van der Waals surface area contributed by atoms with Crippen molar-refractivity contribution in [1.82, 2.24) is 10.9 Å². The fraction of sp³-hybridized carbons (Fsp3) is 0.160. The molecule has 0 spiro atoms. The lowest BCUT2D eigenvalue weighted by atomic mass is 9.77. The number of hydrazine groups is 1. The van der Waals surface area contributed by atoms with Gasteiger partial charge >= 0.3 is 5.97 Å².